The van der Waals surface area contributed by atoms with Crippen LogP contribution in [0.25, 0.3) is 0 Å². The molecule has 0 saturated carbocycles. The minimum absolute atomic E-state index is 0.195. The van der Waals surface area contributed by atoms with Crippen molar-refractivity contribution < 1.29 is 22.3 Å². The zero-order valence-electron chi connectivity index (χ0n) is 16.5. The van der Waals surface area contributed by atoms with E-state index in [0.29, 0.717) is 31.5 Å². The molecule has 0 aliphatic carbocycles. The lowest BCUT2D eigenvalue weighted by atomic mass is 9.90. The van der Waals surface area contributed by atoms with Crippen LogP contribution in [0.4, 0.5) is 4.39 Å². The fraction of sp³-hybridized carbons (Fsp3) is 0.700. The van der Waals surface area contributed by atoms with Crippen molar-refractivity contribution in [3.8, 4) is 5.75 Å². The lowest BCUT2D eigenvalue weighted by molar-refractivity contribution is -0.0774. The van der Waals surface area contributed by atoms with E-state index in [0.717, 1.165) is 25.4 Å². The molecule has 28 heavy (non-hydrogen) atoms. The molecule has 4 rings (SSSR count). The molecule has 1 spiro atoms. The summed E-state index contributed by atoms with van der Waals surface area (Å²) in [6, 6.07) is 6.29. The average Bonchev–Trinajstić information content (AvgIpc) is 3.07. The summed E-state index contributed by atoms with van der Waals surface area (Å²) in [5.74, 6) is 1.11. The molecule has 2 atom stereocenters. The standard InChI is InChI=1S/C20H29FN2O4S/c1-15-7-9-22(10-8-15)17-11-20(26-12-17)13-23(14-20)28(24,25)19-5-3-18(4-6-19)27-16(2)21/h3-6,15-17H,7-14H2,1-2H3/t16-,17?/m1/s1. The van der Waals surface area contributed by atoms with Gasteiger partial charge in [-0.15, -0.1) is 0 Å². The monoisotopic (exact) mass is 412 g/mol. The molecule has 156 valence electrons. The summed E-state index contributed by atoms with van der Waals surface area (Å²) in [4.78, 5) is 2.71. The number of rotatable bonds is 5. The van der Waals surface area contributed by atoms with Crippen molar-refractivity contribution in [3.63, 3.8) is 0 Å². The van der Waals surface area contributed by atoms with Gasteiger partial charge >= 0.3 is 0 Å². The van der Waals surface area contributed by atoms with Crippen molar-refractivity contribution in [2.45, 2.75) is 56.0 Å². The smallest absolute Gasteiger partial charge is 0.243 e. The van der Waals surface area contributed by atoms with Crippen LogP contribution in [0.1, 0.15) is 33.1 Å². The molecular weight excluding hydrogens is 383 g/mol. The fourth-order valence-electron chi connectivity index (χ4n) is 4.46. The number of likely N-dealkylation sites (tertiary alicyclic amines) is 1. The van der Waals surface area contributed by atoms with Gasteiger partial charge in [-0.3, -0.25) is 4.90 Å². The molecule has 8 heteroatoms. The fourth-order valence-corrected chi connectivity index (χ4v) is 6.05. The van der Waals surface area contributed by atoms with Gasteiger partial charge in [-0.2, -0.15) is 4.31 Å². The van der Waals surface area contributed by atoms with E-state index in [1.807, 2.05) is 0 Å². The third kappa shape index (κ3) is 3.92. The Morgan fingerprint density at radius 2 is 1.86 bits per heavy atom. The molecule has 3 saturated heterocycles. The normalized spacial score (nSPS) is 27.6. The van der Waals surface area contributed by atoms with Crippen molar-refractivity contribution >= 4 is 10.0 Å². The van der Waals surface area contributed by atoms with Crippen molar-refractivity contribution in [1.29, 1.82) is 0 Å². The first-order chi connectivity index (χ1) is 13.3. The number of piperidine rings is 1. The van der Waals surface area contributed by atoms with Gasteiger partial charge in [-0.25, -0.2) is 12.8 Å². The summed E-state index contributed by atoms with van der Waals surface area (Å²) in [6.45, 7) is 7.29. The number of benzene rings is 1. The summed E-state index contributed by atoms with van der Waals surface area (Å²) in [5.41, 5.74) is -0.340. The highest BCUT2D eigenvalue weighted by atomic mass is 32.2. The van der Waals surface area contributed by atoms with Crippen LogP contribution in [0, 0.1) is 5.92 Å². The van der Waals surface area contributed by atoms with E-state index in [1.165, 1.54) is 48.3 Å². The van der Waals surface area contributed by atoms with Crippen molar-refractivity contribution in [1.82, 2.24) is 9.21 Å². The topological polar surface area (TPSA) is 59.1 Å². The number of hydrogen-bond donors (Lipinski definition) is 0. The number of ether oxygens (including phenoxy) is 2. The van der Waals surface area contributed by atoms with Gasteiger partial charge in [0.2, 0.25) is 16.4 Å². The lowest BCUT2D eigenvalue weighted by Crippen LogP contribution is -2.63. The molecule has 3 heterocycles. The Morgan fingerprint density at radius 1 is 1.21 bits per heavy atom. The molecule has 1 aromatic carbocycles. The van der Waals surface area contributed by atoms with Gasteiger partial charge in [0, 0.05) is 26.1 Å². The van der Waals surface area contributed by atoms with Gasteiger partial charge in [0.1, 0.15) is 5.75 Å². The predicted molar refractivity (Wildman–Crippen MR) is 103 cm³/mol. The van der Waals surface area contributed by atoms with Crippen molar-refractivity contribution in [3.05, 3.63) is 24.3 Å². The Morgan fingerprint density at radius 3 is 2.46 bits per heavy atom. The Bertz CT molecular complexity index is 785. The summed E-state index contributed by atoms with van der Waals surface area (Å²) in [7, 11) is -3.57. The van der Waals surface area contributed by atoms with E-state index in [-0.39, 0.29) is 10.5 Å². The molecule has 6 nitrogen and oxygen atoms in total. The van der Waals surface area contributed by atoms with Gasteiger partial charge in [-0.05, 0) is 62.5 Å². The highest BCUT2D eigenvalue weighted by molar-refractivity contribution is 7.89. The van der Waals surface area contributed by atoms with E-state index in [9.17, 15) is 12.8 Å². The lowest BCUT2D eigenvalue weighted by Gasteiger charge is -2.46. The summed E-state index contributed by atoms with van der Waals surface area (Å²) in [6.07, 6.45) is 1.91. The van der Waals surface area contributed by atoms with Gasteiger partial charge in [0.25, 0.3) is 0 Å². The first kappa shape index (κ1) is 20.1. The number of hydrogen-bond acceptors (Lipinski definition) is 5. The zero-order chi connectivity index (χ0) is 19.9. The second-order valence-corrected chi connectivity index (χ2v) is 10.4. The molecule has 3 fully saturated rings. The Balaban J connectivity index is 1.35. The van der Waals surface area contributed by atoms with E-state index >= 15 is 0 Å². The van der Waals surface area contributed by atoms with Crippen LogP contribution in [-0.2, 0) is 14.8 Å². The molecular formula is C20H29FN2O4S. The highest BCUT2D eigenvalue weighted by Gasteiger charge is 2.54. The minimum Gasteiger partial charge on any atom is -0.461 e. The van der Waals surface area contributed by atoms with E-state index < -0.39 is 16.4 Å². The third-order valence-corrected chi connectivity index (χ3v) is 8.02. The van der Waals surface area contributed by atoms with Gasteiger partial charge in [0.15, 0.2) is 0 Å². The van der Waals surface area contributed by atoms with Gasteiger partial charge in [-0.1, -0.05) is 6.92 Å². The van der Waals surface area contributed by atoms with Crippen LogP contribution in [0.15, 0.2) is 29.2 Å². The quantitative estimate of drug-likeness (QED) is 0.744. The molecule has 0 aromatic heterocycles. The maximum Gasteiger partial charge on any atom is 0.243 e. The third-order valence-electron chi connectivity index (χ3n) is 6.21. The summed E-state index contributed by atoms with van der Waals surface area (Å²) >= 11 is 0. The first-order valence-corrected chi connectivity index (χ1v) is 11.5. The van der Waals surface area contributed by atoms with Gasteiger partial charge < -0.3 is 9.47 Å². The number of sulfonamides is 1. The van der Waals surface area contributed by atoms with Crippen molar-refractivity contribution in [2.24, 2.45) is 5.92 Å². The SMILES string of the molecule is CC1CCN(C2COC3(C2)CN(S(=O)(=O)c2ccc(O[C@H](C)F)cc2)C3)CC1. The molecule has 3 aliphatic heterocycles. The first-order valence-electron chi connectivity index (χ1n) is 10.1. The number of nitrogens with zero attached hydrogens (tertiary/aromatic N) is 2. The predicted octanol–water partition coefficient (Wildman–Crippen LogP) is 2.64. The molecule has 1 unspecified atom stereocenters. The van der Waals surface area contributed by atoms with E-state index in [4.69, 9.17) is 9.47 Å². The second-order valence-electron chi connectivity index (χ2n) is 8.48. The summed E-state index contributed by atoms with van der Waals surface area (Å²) in [5, 5.41) is 0. The molecule has 0 radical (unpaired) electrons. The molecule has 0 bridgehead atoms. The molecule has 1 aromatic rings. The van der Waals surface area contributed by atoms with Crippen molar-refractivity contribution in [2.75, 3.05) is 32.8 Å². The van der Waals surface area contributed by atoms with Crippen LogP contribution >= 0.6 is 0 Å². The van der Waals surface area contributed by atoms with E-state index in [2.05, 4.69) is 11.8 Å². The van der Waals surface area contributed by atoms with Crippen LogP contribution < -0.4 is 4.74 Å². The van der Waals surface area contributed by atoms with Gasteiger partial charge in [0.05, 0.1) is 17.1 Å². The van der Waals surface area contributed by atoms with Crippen LogP contribution in [0.3, 0.4) is 0 Å². The Hall–Kier alpha value is -1.22. The highest BCUT2D eigenvalue weighted by Crippen LogP contribution is 2.40. The van der Waals surface area contributed by atoms with Crippen LogP contribution in [0.2, 0.25) is 0 Å². The minimum atomic E-state index is -3.57. The number of halogens is 1. The maximum absolute atomic E-state index is 12.9. The molecule has 3 aliphatic rings. The second kappa shape index (κ2) is 7.55. The zero-order valence-corrected chi connectivity index (χ0v) is 17.3. The number of alkyl halides is 1. The maximum atomic E-state index is 12.9. The average molecular weight is 413 g/mol. The van der Waals surface area contributed by atoms with Crippen LogP contribution in [0.5, 0.6) is 5.75 Å². The Labute approximate surface area is 166 Å². The summed E-state index contributed by atoms with van der Waals surface area (Å²) < 4.78 is 51.1. The largest absolute Gasteiger partial charge is 0.461 e. The Kier molecular flexibility index (Phi) is 5.41. The van der Waals surface area contributed by atoms with Crippen LogP contribution in [-0.4, -0.2) is 68.4 Å². The molecule has 0 amide bonds. The molecule has 0 N–H and O–H groups in total. The van der Waals surface area contributed by atoms with E-state index in [1.54, 1.807) is 0 Å².